The molecule has 0 aliphatic carbocycles. The van der Waals surface area contributed by atoms with Gasteiger partial charge in [0.25, 0.3) is 5.69 Å². The Kier molecular flexibility index (Phi) is 4.27. The molecule has 4 heteroatoms. The number of hydrogen-bond donors (Lipinski definition) is 0. The van der Waals surface area contributed by atoms with Crippen LogP contribution >= 0.6 is 0 Å². The van der Waals surface area contributed by atoms with Crippen LogP contribution in [-0.4, -0.2) is 18.0 Å². The zero-order valence-corrected chi connectivity index (χ0v) is 12.5. The van der Waals surface area contributed by atoms with Gasteiger partial charge in [0, 0.05) is 41.9 Å². The van der Waals surface area contributed by atoms with E-state index in [-0.39, 0.29) is 5.69 Å². The first kappa shape index (κ1) is 14.7. The molecule has 112 valence electrons. The summed E-state index contributed by atoms with van der Waals surface area (Å²) < 4.78 is 0. The van der Waals surface area contributed by atoms with Crippen LogP contribution in [0, 0.1) is 33.8 Å². The predicted molar refractivity (Wildman–Crippen MR) is 90.1 cm³/mol. The summed E-state index contributed by atoms with van der Waals surface area (Å²) in [5.41, 5.74) is 2.91. The van der Waals surface area contributed by atoms with Crippen molar-refractivity contribution < 1.29 is 4.92 Å². The second kappa shape index (κ2) is 6.68. The van der Waals surface area contributed by atoms with Gasteiger partial charge in [-0.15, -0.1) is 0 Å². The van der Waals surface area contributed by atoms with Crippen molar-refractivity contribution in [3.05, 3.63) is 69.8 Å². The fourth-order valence-corrected chi connectivity index (χ4v) is 2.36. The maximum Gasteiger partial charge on any atom is 0.269 e. The Labute approximate surface area is 134 Å². The van der Waals surface area contributed by atoms with Crippen LogP contribution in [0.15, 0.2) is 48.5 Å². The largest absolute Gasteiger partial charge is 0.359 e. The number of rotatable bonds is 2. The highest BCUT2D eigenvalue weighted by molar-refractivity contribution is 5.54. The Balaban J connectivity index is 1.85. The Hall–Kier alpha value is -3.24. The lowest BCUT2D eigenvalue weighted by molar-refractivity contribution is -0.384. The standard InChI is InChI=1S/C19H14N2O2/c22-21(23)19-12-10-18(11-13-19)20-14-4-3-8-16-6-1-2-7-17(16)9-5-15-20/h1-2,6-7,10-13H,4,14-15H2. The number of benzene rings is 2. The molecule has 0 atom stereocenters. The average molecular weight is 302 g/mol. The van der Waals surface area contributed by atoms with Crippen molar-refractivity contribution in [3.8, 4) is 23.7 Å². The van der Waals surface area contributed by atoms with Crippen LogP contribution in [0.3, 0.4) is 0 Å². The van der Waals surface area contributed by atoms with Gasteiger partial charge in [-0.25, -0.2) is 0 Å². The SMILES string of the molecule is O=[N+]([O-])c1ccc(N2CC#Cc3ccccc3C#CCC2)cc1. The molecule has 0 radical (unpaired) electrons. The number of nitro benzene ring substituents is 1. The molecule has 0 spiro atoms. The van der Waals surface area contributed by atoms with E-state index >= 15 is 0 Å². The van der Waals surface area contributed by atoms with Gasteiger partial charge in [0.05, 0.1) is 11.5 Å². The molecule has 0 saturated heterocycles. The second-order valence-electron chi connectivity index (χ2n) is 5.09. The molecule has 0 unspecified atom stereocenters. The zero-order chi connectivity index (χ0) is 16.1. The lowest BCUT2D eigenvalue weighted by Gasteiger charge is -2.21. The summed E-state index contributed by atoms with van der Waals surface area (Å²) in [5, 5.41) is 10.7. The van der Waals surface area contributed by atoms with Crippen molar-refractivity contribution in [2.45, 2.75) is 6.42 Å². The third-order valence-electron chi connectivity index (χ3n) is 3.58. The number of non-ortho nitro benzene ring substituents is 1. The minimum absolute atomic E-state index is 0.0922. The van der Waals surface area contributed by atoms with Crippen molar-refractivity contribution in [2.75, 3.05) is 18.0 Å². The monoisotopic (exact) mass is 302 g/mol. The maximum absolute atomic E-state index is 10.7. The smallest absolute Gasteiger partial charge is 0.269 e. The van der Waals surface area contributed by atoms with Gasteiger partial charge in [0.15, 0.2) is 0 Å². The van der Waals surface area contributed by atoms with E-state index in [0.717, 1.165) is 23.4 Å². The quantitative estimate of drug-likeness (QED) is 0.486. The Morgan fingerprint density at radius 2 is 1.61 bits per heavy atom. The molecule has 0 fully saturated rings. The van der Waals surface area contributed by atoms with Gasteiger partial charge >= 0.3 is 0 Å². The molecule has 2 aromatic rings. The van der Waals surface area contributed by atoms with Gasteiger partial charge in [-0.1, -0.05) is 35.8 Å². The van der Waals surface area contributed by atoms with Crippen LogP contribution in [0.25, 0.3) is 0 Å². The van der Waals surface area contributed by atoms with Crippen molar-refractivity contribution in [1.82, 2.24) is 0 Å². The number of nitrogens with zero attached hydrogens (tertiary/aromatic N) is 2. The summed E-state index contributed by atoms with van der Waals surface area (Å²) in [6.07, 6.45) is 0.715. The lowest BCUT2D eigenvalue weighted by Crippen LogP contribution is -2.24. The van der Waals surface area contributed by atoms with E-state index in [1.54, 1.807) is 12.1 Å². The predicted octanol–water partition coefficient (Wildman–Crippen LogP) is 3.21. The zero-order valence-electron chi connectivity index (χ0n) is 12.5. The fourth-order valence-electron chi connectivity index (χ4n) is 2.36. The minimum atomic E-state index is -0.394. The summed E-state index contributed by atoms with van der Waals surface area (Å²) in [6, 6.07) is 14.4. The summed E-state index contributed by atoms with van der Waals surface area (Å²) >= 11 is 0. The van der Waals surface area contributed by atoms with Gasteiger partial charge in [0.1, 0.15) is 0 Å². The van der Waals surface area contributed by atoms with Crippen LogP contribution in [0.2, 0.25) is 0 Å². The number of anilines is 1. The van der Waals surface area contributed by atoms with Gasteiger partial charge in [0.2, 0.25) is 0 Å². The molecule has 23 heavy (non-hydrogen) atoms. The van der Waals surface area contributed by atoms with Gasteiger partial charge in [-0.2, -0.15) is 0 Å². The summed E-state index contributed by atoms with van der Waals surface area (Å²) in [5.74, 6) is 12.7. The summed E-state index contributed by atoms with van der Waals surface area (Å²) in [7, 11) is 0. The van der Waals surface area contributed by atoms with E-state index in [4.69, 9.17) is 0 Å². The summed E-state index contributed by atoms with van der Waals surface area (Å²) in [6.45, 7) is 1.30. The molecule has 3 rings (SSSR count). The van der Waals surface area contributed by atoms with Crippen LogP contribution in [0.5, 0.6) is 0 Å². The van der Waals surface area contributed by atoms with E-state index in [1.807, 2.05) is 24.3 Å². The van der Waals surface area contributed by atoms with E-state index in [0.29, 0.717) is 13.0 Å². The molecular weight excluding hydrogens is 288 g/mol. The van der Waals surface area contributed by atoms with E-state index in [1.165, 1.54) is 12.1 Å². The Morgan fingerprint density at radius 1 is 0.957 bits per heavy atom. The maximum atomic E-state index is 10.7. The molecule has 1 aliphatic rings. The molecule has 1 aliphatic heterocycles. The third-order valence-corrected chi connectivity index (χ3v) is 3.58. The van der Waals surface area contributed by atoms with Gasteiger partial charge < -0.3 is 4.90 Å². The van der Waals surface area contributed by atoms with Crippen LogP contribution in [-0.2, 0) is 0 Å². The van der Waals surface area contributed by atoms with Gasteiger partial charge in [-0.3, -0.25) is 10.1 Å². The van der Waals surface area contributed by atoms with Crippen molar-refractivity contribution >= 4 is 11.4 Å². The van der Waals surface area contributed by atoms with Gasteiger partial charge in [-0.05, 0) is 24.3 Å². The molecule has 4 nitrogen and oxygen atoms in total. The molecule has 0 saturated carbocycles. The normalized spacial score (nSPS) is 13.0. The molecule has 0 bridgehead atoms. The first-order valence-corrected chi connectivity index (χ1v) is 7.30. The van der Waals surface area contributed by atoms with Crippen LogP contribution in [0.1, 0.15) is 17.5 Å². The third kappa shape index (κ3) is 3.51. The number of hydrogen-bond acceptors (Lipinski definition) is 3. The van der Waals surface area contributed by atoms with Crippen molar-refractivity contribution in [2.24, 2.45) is 0 Å². The number of nitro groups is 1. The van der Waals surface area contributed by atoms with E-state index in [9.17, 15) is 10.1 Å². The number of fused-ring (bicyclic) bond motifs is 1. The summed E-state index contributed by atoms with van der Waals surface area (Å²) in [4.78, 5) is 12.4. The molecule has 0 N–H and O–H groups in total. The molecule has 0 aromatic heterocycles. The Bertz CT molecular complexity index is 849. The van der Waals surface area contributed by atoms with Crippen molar-refractivity contribution in [1.29, 1.82) is 0 Å². The van der Waals surface area contributed by atoms with E-state index < -0.39 is 4.92 Å². The highest BCUT2D eigenvalue weighted by atomic mass is 16.6. The second-order valence-corrected chi connectivity index (χ2v) is 5.09. The highest BCUT2D eigenvalue weighted by Gasteiger charge is 2.09. The molecule has 2 aromatic carbocycles. The van der Waals surface area contributed by atoms with Crippen LogP contribution < -0.4 is 4.90 Å². The average Bonchev–Trinajstić information content (AvgIpc) is 2.59. The fraction of sp³-hybridized carbons (Fsp3) is 0.158. The van der Waals surface area contributed by atoms with E-state index in [2.05, 4.69) is 28.6 Å². The highest BCUT2D eigenvalue weighted by Crippen LogP contribution is 2.19. The first-order valence-electron chi connectivity index (χ1n) is 7.30. The first-order chi connectivity index (χ1) is 11.2. The topological polar surface area (TPSA) is 46.4 Å². The lowest BCUT2D eigenvalue weighted by atomic mass is 10.1. The van der Waals surface area contributed by atoms with Crippen molar-refractivity contribution in [3.63, 3.8) is 0 Å². The molecule has 0 amide bonds. The molecule has 1 heterocycles. The van der Waals surface area contributed by atoms with Crippen LogP contribution in [0.4, 0.5) is 11.4 Å². The Morgan fingerprint density at radius 3 is 2.26 bits per heavy atom. The minimum Gasteiger partial charge on any atom is -0.359 e. The molecular formula is C19H14N2O2.